The highest BCUT2D eigenvalue weighted by Gasteiger charge is 2.07. The molecule has 0 saturated heterocycles. The molecule has 0 aliphatic rings. The van der Waals surface area contributed by atoms with E-state index in [0.717, 1.165) is 5.56 Å². The molecule has 0 saturated carbocycles. The standard InChI is InChI=1S/C13H14O/c1-9-5-3-6-11-7-4-8-12(10(2)14)13(9)11/h3-8,10,14H,1-2H3. The maximum absolute atomic E-state index is 9.65. The fraction of sp³-hybridized carbons (Fsp3) is 0.231. The third-order valence-electron chi connectivity index (χ3n) is 2.60. The van der Waals surface area contributed by atoms with Gasteiger partial charge in [0.2, 0.25) is 0 Å². The first-order valence-corrected chi connectivity index (χ1v) is 4.86. The molecule has 72 valence electrons. The van der Waals surface area contributed by atoms with Crippen LogP contribution in [0, 0.1) is 6.92 Å². The van der Waals surface area contributed by atoms with Gasteiger partial charge in [0.25, 0.3) is 0 Å². The van der Waals surface area contributed by atoms with Crippen molar-refractivity contribution >= 4 is 10.8 Å². The Morgan fingerprint density at radius 2 is 1.71 bits per heavy atom. The van der Waals surface area contributed by atoms with Gasteiger partial charge in [0.1, 0.15) is 0 Å². The zero-order valence-electron chi connectivity index (χ0n) is 8.49. The summed E-state index contributed by atoms with van der Waals surface area (Å²) in [6.45, 7) is 3.88. The number of aliphatic hydroxyl groups excluding tert-OH is 1. The van der Waals surface area contributed by atoms with Gasteiger partial charge in [-0.25, -0.2) is 0 Å². The number of benzene rings is 2. The minimum Gasteiger partial charge on any atom is -0.389 e. The molecular formula is C13H14O. The highest BCUT2D eigenvalue weighted by molar-refractivity contribution is 5.88. The van der Waals surface area contributed by atoms with E-state index < -0.39 is 6.10 Å². The zero-order chi connectivity index (χ0) is 10.1. The highest BCUT2D eigenvalue weighted by atomic mass is 16.3. The molecule has 0 radical (unpaired) electrons. The molecule has 2 aromatic carbocycles. The first-order chi connectivity index (χ1) is 6.70. The predicted octanol–water partition coefficient (Wildman–Crippen LogP) is 3.20. The SMILES string of the molecule is Cc1cccc2cccc(C(C)O)c12. The summed E-state index contributed by atoms with van der Waals surface area (Å²) in [5, 5.41) is 12.0. The van der Waals surface area contributed by atoms with Crippen LogP contribution in [0.1, 0.15) is 24.2 Å². The molecule has 2 rings (SSSR count). The van der Waals surface area contributed by atoms with Crippen LogP contribution in [-0.2, 0) is 0 Å². The lowest BCUT2D eigenvalue weighted by Gasteiger charge is -2.11. The van der Waals surface area contributed by atoms with Crippen LogP contribution in [0.5, 0.6) is 0 Å². The van der Waals surface area contributed by atoms with E-state index in [-0.39, 0.29) is 0 Å². The van der Waals surface area contributed by atoms with Crippen molar-refractivity contribution in [3.8, 4) is 0 Å². The maximum atomic E-state index is 9.65. The second-order valence-corrected chi connectivity index (χ2v) is 3.70. The predicted molar refractivity (Wildman–Crippen MR) is 59.3 cm³/mol. The molecule has 1 atom stereocenters. The minimum absolute atomic E-state index is 0.403. The van der Waals surface area contributed by atoms with E-state index >= 15 is 0 Å². The van der Waals surface area contributed by atoms with Crippen molar-refractivity contribution in [3.63, 3.8) is 0 Å². The van der Waals surface area contributed by atoms with Gasteiger partial charge in [-0.15, -0.1) is 0 Å². The van der Waals surface area contributed by atoms with E-state index in [0.29, 0.717) is 0 Å². The van der Waals surface area contributed by atoms with Gasteiger partial charge >= 0.3 is 0 Å². The van der Waals surface area contributed by atoms with E-state index in [9.17, 15) is 5.11 Å². The van der Waals surface area contributed by atoms with Crippen LogP contribution < -0.4 is 0 Å². The van der Waals surface area contributed by atoms with E-state index in [2.05, 4.69) is 25.1 Å². The molecule has 0 heterocycles. The number of fused-ring (bicyclic) bond motifs is 1. The lowest BCUT2D eigenvalue weighted by atomic mass is 9.97. The third kappa shape index (κ3) is 1.40. The van der Waals surface area contributed by atoms with Crippen LogP contribution in [0.4, 0.5) is 0 Å². The fourth-order valence-corrected chi connectivity index (χ4v) is 1.91. The Morgan fingerprint density at radius 1 is 1.07 bits per heavy atom. The Bertz CT molecular complexity index is 452. The van der Waals surface area contributed by atoms with Crippen molar-refractivity contribution < 1.29 is 5.11 Å². The van der Waals surface area contributed by atoms with E-state index in [1.165, 1.54) is 16.3 Å². The van der Waals surface area contributed by atoms with Gasteiger partial charge in [-0.1, -0.05) is 36.4 Å². The summed E-state index contributed by atoms with van der Waals surface area (Å²) in [4.78, 5) is 0. The molecule has 1 N–H and O–H groups in total. The topological polar surface area (TPSA) is 20.2 Å². The zero-order valence-corrected chi connectivity index (χ0v) is 8.49. The lowest BCUT2D eigenvalue weighted by molar-refractivity contribution is 0.201. The van der Waals surface area contributed by atoms with Crippen molar-refractivity contribution in [2.24, 2.45) is 0 Å². The molecule has 2 aromatic rings. The van der Waals surface area contributed by atoms with Crippen molar-refractivity contribution in [2.75, 3.05) is 0 Å². The molecule has 14 heavy (non-hydrogen) atoms. The maximum Gasteiger partial charge on any atom is 0.0768 e. The van der Waals surface area contributed by atoms with Crippen LogP contribution in [-0.4, -0.2) is 5.11 Å². The second-order valence-electron chi connectivity index (χ2n) is 3.70. The molecule has 1 nitrogen and oxygen atoms in total. The van der Waals surface area contributed by atoms with Gasteiger partial charge in [-0.3, -0.25) is 0 Å². The Morgan fingerprint density at radius 3 is 2.36 bits per heavy atom. The Balaban J connectivity index is 2.84. The van der Waals surface area contributed by atoms with Gasteiger partial charge in [0, 0.05) is 0 Å². The van der Waals surface area contributed by atoms with E-state index in [4.69, 9.17) is 0 Å². The van der Waals surface area contributed by atoms with Gasteiger partial charge in [0.05, 0.1) is 6.10 Å². The molecule has 0 aliphatic carbocycles. The van der Waals surface area contributed by atoms with Crippen molar-refractivity contribution in [1.29, 1.82) is 0 Å². The van der Waals surface area contributed by atoms with Crippen LogP contribution in [0.2, 0.25) is 0 Å². The Labute approximate surface area is 84.0 Å². The average molecular weight is 186 g/mol. The van der Waals surface area contributed by atoms with Crippen LogP contribution in [0.15, 0.2) is 36.4 Å². The average Bonchev–Trinajstić information content (AvgIpc) is 2.17. The molecule has 0 aliphatic heterocycles. The molecular weight excluding hydrogens is 172 g/mol. The molecule has 1 unspecified atom stereocenters. The molecule has 0 bridgehead atoms. The molecule has 0 fully saturated rings. The van der Waals surface area contributed by atoms with Crippen LogP contribution >= 0.6 is 0 Å². The number of hydrogen-bond donors (Lipinski definition) is 1. The summed E-state index contributed by atoms with van der Waals surface area (Å²) in [6, 6.07) is 12.3. The summed E-state index contributed by atoms with van der Waals surface area (Å²) < 4.78 is 0. The lowest BCUT2D eigenvalue weighted by Crippen LogP contribution is -1.93. The van der Waals surface area contributed by atoms with Crippen molar-refractivity contribution in [1.82, 2.24) is 0 Å². The van der Waals surface area contributed by atoms with E-state index in [1.54, 1.807) is 6.92 Å². The smallest absolute Gasteiger partial charge is 0.0768 e. The molecule has 0 amide bonds. The molecule has 1 heteroatoms. The van der Waals surface area contributed by atoms with Gasteiger partial charge in [-0.05, 0) is 35.7 Å². The van der Waals surface area contributed by atoms with Crippen molar-refractivity contribution in [2.45, 2.75) is 20.0 Å². The fourth-order valence-electron chi connectivity index (χ4n) is 1.91. The minimum atomic E-state index is -0.403. The third-order valence-corrected chi connectivity index (χ3v) is 2.60. The van der Waals surface area contributed by atoms with E-state index in [1.807, 2.05) is 18.2 Å². The first-order valence-electron chi connectivity index (χ1n) is 4.86. The largest absolute Gasteiger partial charge is 0.389 e. The number of aliphatic hydroxyl groups is 1. The number of hydrogen-bond acceptors (Lipinski definition) is 1. The Hall–Kier alpha value is -1.34. The summed E-state index contributed by atoms with van der Waals surface area (Å²) in [7, 11) is 0. The quantitative estimate of drug-likeness (QED) is 0.725. The summed E-state index contributed by atoms with van der Waals surface area (Å²) in [5.41, 5.74) is 2.24. The monoisotopic (exact) mass is 186 g/mol. The van der Waals surface area contributed by atoms with Gasteiger partial charge in [-0.2, -0.15) is 0 Å². The summed E-state index contributed by atoms with van der Waals surface area (Å²) in [6.07, 6.45) is -0.403. The summed E-state index contributed by atoms with van der Waals surface area (Å²) in [5.74, 6) is 0. The number of aryl methyl sites for hydroxylation is 1. The summed E-state index contributed by atoms with van der Waals surface area (Å²) >= 11 is 0. The first kappa shape index (κ1) is 9.22. The van der Waals surface area contributed by atoms with Crippen LogP contribution in [0.3, 0.4) is 0 Å². The molecule has 0 spiro atoms. The van der Waals surface area contributed by atoms with Gasteiger partial charge < -0.3 is 5.11 Å². The van der Waals surface area contributed by atoms with Crippen LogP contribution in [0.25, 0.3) is 10.8 Å². The normalized spacial score (nSPS) is 13.1. The Kier molecular flexibility index (Phi) is 2.26. The number of rotatable bonds is 1. The van der Waals surface area contributed by atoms with Gasteiger partial charge in [0.15, 0.2) is 0 Å². The highest BCUT2D eigenvalue weighted by Crippen LogP contribution is 2.26. The van der Waals surface area contributed by atoms with Crippen molar-refractivity contribution in [3.05, 3.63) is 47.5 Å². The second kappa shape index (κ2) is 3.43. The molecule has 0 aromatic heterocycles.